The predicted molar refractivity (Wildman–Crippen MR) is 130 cm³/mol. The van der Waals surface area contributed by atoms with E-state index in [9.17, 15) is 9.59 Å². The van der Waals surface area contributed by atoms with Crippen LogP contribution in [0.5, 0.6) is 0 Å². The number of fused-ring (bicyclic) bond motifs is 1. The number of anilines is 1. The average Bonchev–Trinajstić information content (AvgIpc) is 2.78. The Morgan fingerprint density at radius 1 is 1.12 bits per heavy atom. The molecule has 4 fully saturated rings. The van der Waals surface area contributed by atoms with Gasteiger partial charge < -0.3 is 10.2 Å². The highest BCUT2D eigenvalue weighted by molar-refractivity contribution is 6.00. The van der Waals surface area contributed by atoms with Crippen molar-refractivity contribution >= 4 is 17.5 Å². The first-order chi connectivity index (χ1) is 16.4. The summed E-state index contributed by atoms with van der Waals surface area (Å²) in [6.45, 7) is 4.51. The molecule has 2 amide bonds. The maximum atomic E-state index is 13.4. The molecule has 6 heteroatoms. The van der Waals surface area contributed by atoms with E-state index in [1.54, 1.807) is 12.4 Å². The third-order valence-electron chi connectivity index (χ3n) is 8.94. The highest BCUT2D eigenvalue weighted by atomic mass is 16.2. The minimum Gasteiger partial charge on any atom is -0.330 e. The predicted octanol–water partition coefficient (Wildman–Crippen LogP) is 5.09. The van der Waals surface area contributed by atoms with Gasteiger partial charge in [0.25, 0.3) is 5.91 Å². The quantitative estimate of drug-likeness (QED) is 0.677. The van der Waals surface area contributed by atoms with E-state index in [-0.39, 0.29) is 23.3 Å². The molecule has 1 unspecified atom stereocenters. The molecule has 4 saturated carbocycles. The molecule has 7 rings (SSSR count). The van der Waals surface area contributed by atoms with Gasteiger partial charge in [0.1, 0.15) is 0 Å². The summed E-state index contributed by atoms with van der Waals surface area (Å²) in [5.41, 5.74) is 4.33. The van der Waals surface area contributed by atoms with Gasteiger partial charge in [-0.1, -0.05) is 6.07 Å². The number of hydrogen-bond acceptors (Lipinski definition) is 4. The molecule has 178 valence electrons. The van der Waals surface area contributed by atoms with Gasteiger partial charge >= 0.3 is 0 Å². The van der Waals surface area contributed by atoms with E-state index in [2.05, 4.69) is 15.3 Å². The van der Waals surface area contributed by atoms with Crippen LogP contribution in [0.15, 0.2) is 30.6 Å². The zero-order chi connectivity index (χ0) is 23.4. The van der Waals surface area contributed by atoms with Crippen molar-refractivity contribution in [1.29, 1.82) is 0 Å². The van der Waals surface area contributed by atoms with Crippen molar-refractivity contribution in [2.24, 2.45) is 23.2 Å². The second-order valence-electron chi connectivity index (χ2n) is 11.5. The van der Waals surface area contributed by atoms with E-state index in [1.807, 2.05) is 36.9 Å². The number of amides is 2. The van der Waals surface area contributed by atoms with Crippen molar-refractivity contribution in [3.8, 4) is 0 Å². The van der Waals surface area contributed by atoms with Crippen LogP contribution in [0.25, 0.3) is 0 Å². The minimum atomic E-state index is -0.150. The van der Waals surface area contributed by atoms with E-state index in [4.69, 9.17) is 0 Å². The van der Waals surface area contributed by atoms with Crippen molar-refractivity contribution in [3.63, 3.8) is 0 Å². The van der Waals surface area contributed by atoms with Gasteiger partial charge in [0.15, 0.2) is 0 Å². The number of rotatable bonds is 5. The Morgan fingerprint density at radius 3 is 2.47 bits per heavy atom. The van der Waals surface area contributed by atoms with Gasteiger partial charge in [-0.2, -0.15) is 0 Å². The third-order valence-corrected chi connectivity index (χ3v) is 8.94. The molecule has 5 aliphatic rings. The summed E-state index contributed by atoms with van der Waals surface area (Å²) in [5, 5.41) is 3.22. The van der Waals surface area contributed by atoms with Crippen molar-refractivity contribution in [2.45, 2.75) is 71.3 Å². The maximum absolute atomic E-state index is 13.4. The van der Waals surface area contributed by atoms with E-state index in [0.29, 0.717) is 18.5 Å². The molecule has 34 heavy (non-hydrogen) atoms. The molecule has 2 heterocycles. The first-order valence-electron chi connectivity index (χ1n) is 12.9. The summed E-state index contributed by atoms with van der Waals surface area (Å²) in [4.78, 5) is 37.3. The Bertz CT molecular complexity index is 1090. The summed E-state index contributed by atoms with van der Waals surface area (Å²) in [7, 11) is 0. The zero-order valence-electron chi connectivity index (χ0n) is 20.2. The highest BCUT2D eigenvalue weighted by Crippen LogP contribution is 2.61. The van der Waals surface area contributed by atoms with Crippen molar-refractivity contribution in [1.82, 2.24) is 14.9 Å². The van der Waals surface area contributed by atoms with Crippen LogP contribution in [-0.4, -0.2) is 33.2 Å². The normalized spacial score (nSPS) is 30.2. The number of carbonyl (C=O) groups excluding carboxylic acids is 2. The molecule has 4 aliphatic carbocycles. The van der Waals surface area contributed by atoms with E-state index >= 15 is 0 Å². The molecule has 0 saturated heterocycles. The number of hydrogen-bond donors (Lipinski definition) is 1. The second-order valence-corrected chi connectivity index (χ2v) is 11.5. The second kappa shape index (κ2) is 8.17. The van der Waals surface area contributed by atoms with Gasteiger partial charge in [-0.25, -0.2) is 0 Å². The summed E-state index contributed by atoms with van der Waals surface area (Å²) >= 11 is 0. The Hall–Kier alpha value is -2.76. The van der Waals surface area contributed by atoms with E-state index in [1.165, 1.54) is 38.5 Å². The van der Waals surface area contributed by atoms with Crippen LogP contribution >= 0.6 is 0 Å². The molecule has 0 spiro atoms. The number of nitrogens with zero attached hydrogens (tertiary/aromatic N) is 3. The fraction of sp³-hybridized carbons (Fsp3) is 0.571. The van der Waals surface area contributed by atoms with Crippen LogP contribution in [0, 0.1) is 30.1 Å². The molecule has 1 aromatic carbocycles. The smallest absolute Gasteiger partial charge is 0.254 e. The summed E-state index contributed by atoms with van der Waals surface area (Å²) < 4.78 is 0. The Labute approximate surface area is 201 Å². The lowest BCUT2D eigenvalue weighted by Gasteiger charge is -2.56. The average molecular weight is 459 g/mol. The van der Waals surface area contributed by atoms with Crippen LogP contribution in [0.2, 0.25) is 0 Å². The topological polar surface area (TPSA) is 75.2 Å². The summed E-state index contributed by atoms with van der Waals surface area (Å²) in [5.74, 6) is 2.63. The largest absolute Gasteiger partial charge is 0.330 e. The molecule has 1 N–H and O–H groups in total. The van der Waals surface area contributed by atoms with Gasteiger partial charge in [0.05, 0.1) is 23.6 Å². The summed E-state index contributed by atoms with van der Waals surface area (Å²) in [6, 6.07) is 5.57. The van der Waals surface area contributed by atoms with Crippen LogP contribution in [0.3, 0.4) is 0 Å². The first-order valence-corrected chi connectivity index (χ1v) is 12.9. The Kier molecular flexibility index (Phi) is 5.23. The first kappa shape index (κ1) is 21.8. The molecule has 4 bridgehead atoms. The van der Waals surface area contributed by atoms with Gasteiger partial charge in [-0.3, -0.25) is 19.6 Å². The maximum Gasteiger partial charge on any atom is 0.254 e. The van der Waals surface area contributed by atoms with Crippen LogP contribution in [0.1, 0.15) is 85.2 Å². The molecule has 2 aromatic rings. The van der Waals surface area contributed by atoms with Crippen LogP contribution < -0.4 is 5.32 Å². The molecule has 1 atom stereocenters. The van der Waals surface area contributed by atoms with Gasteiger partial charge in [-0.15, -0.1) is 0 Å². The summed E-state index contributed by atoms with van der Waals surface area (Å²) in [6.07, 6.45) is 12.7. The Balaban J connectivity index is 1.17. The van der Waals surface area contributed by atoms with Gasteiger partial charge in [0, 0.05) is 30.4 Å². The highest BCUT2D eigenvalue weighted by Gasteiger charge is 2.51. The lowest BCUT2D eigenvalue weighted by molar-refractivity contribution is -0.124. The molecule has 0 radical (unpaired) electrons. The third kappa shape index (κ3) is 3.81. The van der Waals surface area contributed by atoms with Crippen LogP contribution in [0.4, 0.5) is 5.69 Å². The number of aromatic nitrogens is 2. The lowest BCUT2D eigenvalue weighted by Crippen LogP contribution is -2.47. The van der Waals surface area contributed by atoms with Gasteiger partial charge in [0.2, 0.25) is 5.91 Å². The van der Waals surface area contributed by atoms with Gasteiger partial charge in [-0.05, 0) is 99.7 Å². The fourth-order valence-electron chi connectivity index (χ4n) is 7.85. The van der Waals surface area contributed by atoms with Crippen LogP contribution in [-0.2, 0) is 11.2 Å². The SMILES string of the molecule is Cc1cnc(C(C)N2CCc3c(NC(=O)CC45CC6CC(CC(C6)C4)C5)cccc3C2=O)cn1. The Morgan fingerprint density at radius 2 is 1.82 bits per heavy atom. The number of carbonyl (C=O) groups is 2. The van der Waals surface area contributed by atoms with E-state index < -0.39 is 0 Å². The van der Waals surface area contributed by atoms with Crippen molar-refractivity contribution in [3.05, 3.63) is 53.1 Å². The number of benzene rings is 1. The fourth-order valence-corrected chi connectivity index (χ4v) is 7.85. The molecule has 1 aliphatic heterocycles. The minimum absolute atomic E-state index is 0.00620. The molecular weight excluding hydrogens is 424 g/mol. The zero-order valence-corrected chi connectivity index (χ0v) is 20.2. The van der Waals surface area contributed by atoms with Crippen molar-refractivity contribution < 1.29 is 9.59 Å². The molecule has 1 aromatic heterocycles. The standard InChI is InChI=1S/C28H34N4O2/c1-17-15-30-25(16-29-17)18(2)32-7-6-22-23(27(32)34)4-3-5-24(22)31-26(33)14-28-11-19-8-20(12-28)10-21(9-19)13-28/h3-5,15-16,18-21H,6-14H2,1-2H3,(H,31,33). The molecular formula is C28H34N4O2. The molecule has 6 nitrogen and oxygen atoms in total. The van der Waals surface area contributed by atoms with Crippen molar-refractivity contribution in [2.75, 3.05) is 11.9 Å². The number of aryl methyl sites for hydroxylation is 1. The number of nitrogens with one attached hydrogen (secondary N) is 1. The lowest BCUT2D eigenvalue weighted by atomic mass is 9.49. The van der Waals surface area contributed by atoms with E-state index in [0.717, 1.165) is 46.8 Å². The monoisotopic (exact) mass is 458 g/mol.